The van der Waals surface area contributed by atoms with Crippen LogP contribution in [0, 0.1) is 6.92 Å². The molecule has 1 aromatic rings. The molecule has 1 N–H and O–H groups in total. The van der Waals surface area contributed by atoms with E-state index in [0.29, 0.717) is 25.6 Å². The predicted octanol–water partition coefficient (Wildman–Crippen LogP) is 3.04. The predicted molar refractivity (Wildman–Crippen MR) is 84.9 cm³/mol. The van der Waals surface area contributed by atoms with Crippen molar-refractivity contribution in [3.63, 3.8) is 0 Å². The van der Waals surface area contributed by atoms with E-state index < -0.39 is 0 Å². The number of carbonyl (C=O) groups is 1. The van der Waals surface area contributed by atoms with Crippen LogP contribution in [0.4, 0.5) is 0 Å². The molecule has 0 aliphatic carbocycles. The zero-order valence-corrected chi connectivity index (χ0v) is 13.7. The third-order valence-electron chi connectivity index (χ3n) is 3.46. The molecule has 118 valence electrons. The van der Waals surface area contributed by atoms with E-state index in [0.717, 1.165) is 11.3 Å². The van der Waals surface area contributed by atoms with Crippen molar-refractivity contribution in [1.82, 2.24) is 5.32 Å². The Bertz CT molecular complexity index is 457. The highest BCUT2D eigenvalue weighted by Gasteiger charge is 2.17. The van der Waals surface area contributed by atoms with Crippen molar-refractivity contribution < 1.29 is 14.3 Å². The van der Waals surface area contributed by atoms with E-state index in [1.807, 2.05) is 13.8 Å². The fraction of sp³-hybridized carbons (Fsp3) is 0.588. The summed E-state index contributed by atoms with van der Waals surface area (Å²) >= 11 is 0. The monoisotopic (exact) mass is 293 g/mol. The highest BCUT2D eigenvalue weighted by molar-refractivity contribution is 5.75. The van der Waals surface area contributed by atoms with Gasteiger partial charge in [-0.1, -0.05) is 26.0 Å². The summed E-state index contributed by atoms with van der Waals surface area (Å²) in [5.74, 6) is 1.13. The molecule has 1 atom stereocenters. The summed E-state index contributed by atoms with van der Waals surface area (Å²) in [6, 6.07) is 5.96. The molecule has 21 heavy (non-hydrogen) atoms. The second kappa shape index (κ2) is 8.67. The van der Waals surface area contributed by atoms with Crippen LogP contribution in [0.15, 0.2) is 18.2 Å². The molecule has 4 heteroatoms. The lowest BCUT2D eigenvalue weighted by molar-refractivity contribution is -0.145. The quantitative estimate of drug-likeness (QED) is 0.748. The number of hydrogen-bond acceptors (Lipinski definition) is 4. The molecule has 0 aliphatic heterocycles. The SMILES string of the molecule is CCOC(=O)C(CCOc1cc(C(C)C)ccc1C)NC. The van der Waals surface area contributed by atoms with Gasteiger partial charge in [0, 0.05) is 6.42 Å². The molecule has 4 nitrogen and oxygen atoms in total. The van der Waals surface area contributed by atoms with Crippen LogP contribution in [0.3, 0.4) is 0 Å². The largest absolute Gasteiger partial charge is 0.493 e. The molecular formula is C17H27NO3. The van der Waals surface area contributed by atoms with Gasteiger partial charge in [-0.25, -0.2) is 0 Å². The number of ether oxygens (including phenoxy) is 2. The van der Waals surface area contributed by atoms with Gasteiger partial charge in [-0.2, -0.15) is 0 Å². The van der Waals surface area contributed by atoms with Crippen molar-refractivity contribution >= 4 is 5.97 Å². The molecule has 0 heterocycles. The van der Waals surface area contributed by atoms with E-state index in [1.54, 1.807) is 7.05 Å². The Hall–Kier alpha value is -1.55. The van der Waals surface area contributed by atoms with Gasteiger partial charge in [0.15, 0.2) is 0 Å². The van der Waals surface area contributed by atoms with Crippen LogP contribution in [0.2, 0.25) is 0 Å². The summed E-state index contributed by atoms with van der Waals surface area (Å²) in [5.41, 5.74) is 2.36. The number of nitrogens with one attached hydrogen (secondary N) is 1. The van der Waals surface area contributed by atoms with Crippen molar-refractivity contribution in [3.8, 4) is 5.75 Å². The Morgan fingerprint density at radius 1 is 1.33 bits per heavy atom. The number of aryl methyl sites for hydroxylation is 1. The Labute approximate surface area is 127 Å². The molecule has 0 amide bonds. The van der Waals surface area contributed by atoms with Gasteiger partial charge in [-0.05, 0) is 44.0 Å². The van der Waals surface area contributed by atoms with E-state index in [1.165, 1.54) is 5.56 Å². The van der Waals surface area contributed by atoms with Crippen LogP contribution < -0.4 is 10.1 Å². The lowest BCUT2D eigenvalue weighted by atomic mass is 10.0. The van der Waals surface area contributed by atoms with Crippen LogP contribution in [0.5, 0.6) is 5.75 Å². The van der Waals surface area contributed by atoms with Gasteiger partial charge in [0.25, 0.3) is 0 Å². The lowest BCUT2D eigenvalue weighted by Gasteiger charge is -2.16. The van der Waals surface area contributed by atoms with E-state index >= 15 is 0 Å². The Morgan fingerprint density at radius 2 is 2.05 bits per heavy atom. The number of likely N-dealkylation sites (N-methyl/N-ethyl adjacent to an activating group) is 1. The first-order chi connectivity index (χ1) is 9.99. The Morgan fingerprint density at radius 3 is 2.62 bits per heavy atom. The summed E-state index contributed by atoms with van der Waals surface area (Å²) in [5, 5.41) is 2.96. The maximum Gasteiger partial charge on any atom is 0.323 e. The van der Waals surface area contributed by atoms with E-state index in [2.05, 4.69) is 37.4 Å². The number of rotatable bonds is 8. The van der Waals surface area contributed by atoms with Crippen LogP contribution in [-0.2, 0) is 9.53 Å². The van der Waals surface area contributed by atoms with Gasteiger partial charge in [0.05, 0.1) is 13.2 Å². The highest BCUT2D eigenvalue weighted by Crippen LogP contribution is 2.24. The number of esters is 1. The zero-order chi connectivity index (χ0) is 15.8. The van der Waals surface area contributed by atoms with Crippen molar-refractivity contribution in [2.75, 3.05) is 20.3 Å². The summed E-state index contributed by atoms with van der Waals surface area (Å²) < 4.78 is 10.9. The van der Waals surface area contributed by atoms with Gasteiger partial charge in [0.2, 0.25) is 0 Å². The maximum atomic E-state index is 11.7. The number of carbonyl (C=O) groups excluding carboxylic acids is 1. The fourth-order valence-corrected chi connectivity index (χ4v) is 2.04. The first-order valence-corrected chi connectivity index (χ1v) is 7.56. The molecule has 1 aromatic carbocycles. The molecular weight excluding hydrogens is 266 g/mol. The smallest absolute Gasteiger partial charge is 0.323 e. The zero-order valence-electron chi connectivity index (χ0n) is 13.7. The summed E-state index contributed by atoms with van der Waals surface area (Å²) in [4.78, 5) is 11.7. The minimum Gasteiger partial charge on any atom is -0.493 e. The second-order valence-corrected chi connectivity index (χ2v) is 5.41. The molecule has 0 aliphatic rings. The van der Waals surface area contributed by atoms with Crippen molar-refractivity contribution in [2.45, 2.75) is 46.1 Å². The van der Waals surface area contributed by atoms with Crippen molar-refractivity contribution in [2.24, 2.45) is 0 Å². The minimum absolute atomic E-state index is 0.226. The third kappa shape index (κ3) is 5.38. The average molecular weight is 293 g/mol. The molecule has 0 radical (unpaired) electrons. The van der Waals surface area contributed by atoms with Crippen LogP contribution in [0.25, 0.3) is 0 Å². The summed E-state index contributed by atoms with van der Waals surface area (Å²) in [6.45, 7) is 9.03. The van der Waals surface area contributed by atoms with E-state index in [4.69, 9.17) is 9.47 Å². The maximum absolute atomic E-state index is 11.7. The van der Waals surface area contributed by atoms with Crippen LogP contribution in [0.1, 0.15) is 44.2 Å². The molecule has 0 aromatic heterocycles. The highest BCUT2D eigenvalue weighted by atomic mass is 16.5. The molecule has 1 unspecified atom stereocenters. The van der Waals surface area contributed by atoms with Gasteiger partial charge < -0.3 is 14.8 Å². The summed E-state index contributed by atoms with van der Waals surface area (Å²) in [7, 11) is 1.76. The molecule has 0 saturated carbocycles. The van der Waals surface area contributed by atoms with Crippen molar-refractivity contribution in [3.05, 3.63) is 29.3 Å². The molecule has 0 spiro atoms. The minimum atomic E-state index is -0.321. The van der Waals surface area contributed by atoms with Gasteiger partial charge in [0.1, 0.15) is 11.8 Å². The second-order valence-electron chi connectivity index (χ2n) is 5.41. The van der Waals surface area contributed by atoms with Gasteiger partial charge in [-0.15, -0.1) is 0 Å². The third-order valence-corrected chi connectivity index (χ3v) is 3.46. The Kier molecular flexibility index (Phi) is 7.23. The number of hydrogen-bond donors (Lipinski definition) is 1. The molecule has 0 bridgehead atoms. The first kappa shape index (κ1) is 17.5. The normalized spacial score (nSPS) is 12.3. The summed E-state index contributed by atoms with van der Waals surface area (Å²) in [6.07, 6.45) is 0.584. The van der Waals surface area contributed by atoms with Crippen LogP contribution >= 0.6 is 0 Å². The topological polar surface area (TPSA) is 47.6 Å². The standard InChI is InChI=1S/C17H27NO3/c1-6-20-17(19)15(18-5)9-10-21-16-11-14(12(2)3)8-7-13(16)4/h7-8,11-12,15,18H,6,9-10H2,1-5H3. The van der Waals surface area contributed by atoms with Gasteiger partial charge >= 0.3 is 5.97 Å². The van der Waals surface area contributed by atoms with E-state index in [-0.39, 0.29) is 12.0 Å². The molecule has 0 saturated heterocycles. The van der Waals surface area contributed by atoms with E-state index in [9.17, 15) is 4.79 Å². The lowest BCUT2D eigenvalue weighted by Crippen LogP contribution is -2.36. The fourth-order valence-electron chi connectivity index (χ4n) is 2.04. The average Bonchev–Trinajstić information content (AvgIpc) is 2.45. The van der Waals surface area contributed by atoms with Crippen molar-refractivity contribution in [1.29, 1.82) is 0 Å². The first-order valence-electron chi connectivity index (χ1n) is 7.56. The molecule has 0 fully saturated rings. The Balaban J connectivity index is 2.58. The van der Waals surface area contributed by atoms with Crippen LogP contribution in [-0.4, -0.2) is 32.3 Å². The molecule has 1 rings (SSSR count). The van der Waals surface area contributed by atoms with Gasteiger partial charge in [-0.3, -0.25) is 4.79 Å². The number of benzene rings is 1.